The van der Waals surface area contributed by atoms with Crippen LogP contribution < -0.4 is 0 Å². The standard InChI is InChI=1S/C15H26N2O2/c1-2-14(18)17-12-8-5-9-13(17)15(19)16-10-6-3-4-7-11-16/h13H,2-12H2,1H3. The molecule has 0 spiro atoms. The molecule has 108 valence electrons. The summed E-state index contributed by atoms with van der Waals surface area (Å²) in [5.41, 5.74) is 0. The lowest BCUT2D eigenvalue weighted by molar-refractivity contribution is -0.147. The topological polar surface area (TPSA) is 40.6 Å². The monoisotopic (exact) mass is 266 g/mol. The molecule has 1 atom stereocenters. The zero-order valence-electron chi connectivity index (χ0n) is 12.1. The van der Waals surface area contributed by atoms with Crippen LogP contribution in [0.5, 0.6) is 0 Å². The van der Waals surface area contributed by atoms with Crippen LogP contribution in [0.25, 0.3) is 0 Å². The Kier molecular flexibility index (Phi) is 5.23. The van der Waals surface area contributed by atoms with Gasteiger partial charge in [-0.3, -0.25) is 9.59 Å². The minimum Gasteiger partial charge on any atom is -0.341 e. The number of piperidine rings is 1. The van der Waals surface area contributed by atoms with Gasteiger partial charge < -0.3 is 9.80 Å². The van der Waals surface area contributed by atoms with E-state index in [0.717, 1.165) is 51.7 Å². The fraction of sp³-hybridized carbons (Fsp3) is 0.867. The molecule has 19 heavy (non-hydrogen) atoms. The van der Waals surface area contributed by atoms with Crippen molar-refractivity contribution in [3.05, 3.63) is 0 Å². The van der Waals surface area contributed by atoms with Crippen molar-refractivity contribution in [1.82, 2.24) is 9.80 Å². The van der Waals surface area contributed by atoms with Crippen LogP contribution in [-0.2, 0) is 9.59 Å². The van der Waals surface area contributed by atoms with Gasteiger partial charge in [-0.25, -0.2) is 0 Å². The molecule has 2 fully saturated rings. The number of carbonyl (C=O) groups is 2. The van der Waals surface area contributed by atoms with Crippen molar-refractivity contribution < 1.29 is 9.59 Å². The first kappa shape index (κ1) is 14.4. The van der Waals surface area contributed by atoms with Gasteiger partial charge in [0.15, 0.2) is 0 Å². The first-order valence-electron chi connectivity index (χ1n) is 7.82. The quantitative estimate of drug-likeness (QED) is 0.768. The maximum Gasteiger partial charge on any atom is 0.245 e. The lowest BCUT2D eigenvalue weighted by Crippen LogP contribution is -2.53. The van der Waals surface area contributed by atoms with E-state index in [-0.39, 0.29) is 17.9 Å². The molecule has 0 aromatic carbocycles. The van der Waals surface area contributed by atoms with Gasteiger partial charge in [0, 0.05) is 26.1 Å². The number of hydrogen-bond acceptors (Lipinski definition) is 2. The molecule has 2 amide bonds. The molecule has 0 bridgehead atoms. The Labute approximate surface area is 116 Å². The molecule has 0 aliphatic carbocycles. The van der Waals surface area contributed by atoms with Crippen LogP contribution in [0.4, 0.5) is 0 Å². The van der Waals surface area contributed by atoms with Crippen LogP contribution in [0.3, 0.4) is 0 Å². The van der Waals surface area contributed by atoms with E-state index in [2.05, 4.69) is 0 Å². The van der Waals surface area contributed by atoms with Gasteiger partial charge in [0.2, 0.25) is 11.8 Å². The van der Waals surface area contributed by atoms with Crippen molar-refractivity contribution in [3.63, 3.8) is 0 Å². The van der Waals surface area contributed by atoms with Gasteiger partial charge in [0.1, 0.15) is 6.04 Å². The van der Waals surface area contributed by atoms with Crippen molar-refractivity contribution in [2.75, 3.05) is 19.6 Å². The second-order valence-electron chi connectivity index (χ2n) is 5.69. The van der Waals surface area contributed by atoms with E-state index < -0.39 is 0 Å². The number of carbonyl (C=O) groups excluding carboxylic acids is 2. The molecule has 4 heteroatoms. The highest BCUT2D eigenvalue weighted by atomic mass is 16.2. The van der Waals surface area contributed by atoms with Crippen LogP contribution in [0.1, 0.15) is 58.3 Å². The van der Waals surface area contributed by atoms with Crippen LogP contribution >= 0.6 is 0 Å². The van der Waals surface area contributed by atoms with Crippen molar-refractivity contribution in [2.45, 2.75) is 64.3 Å². The average Bonchev–Trinajstić information content (AvgIpc) is 2.74. The van der Waals surface area contributed by atoms with Gasteiger partial charge in [-0.1, -0.05) is 19.8 Å². The number of nitrogens with zero attached hydrogens (tertiary/aromatic N) is 2. The predicted octanol–water partition coefficient (Wildman–Crippen LogP) is 2.18. The Balaban J connectivity index is 2.03. The molecule has 0 aromatic rings. The highest BCUT2D eigenvalue weighted by molar-refractivity contribution is 5.87. The second-order valence-corrected chi connectivity index (χ2v) is 5.69. The van der Waals surface area contributed by atoms with E-state index in [9.17, 15) is 9.59 Å². The Morgan fingerprint density at radius 2 is 1.58 bits per heavy atom. The Morgan fingerprint density at radius 3 is 2.21 bits per heavy atom. The maximum absolute atomic E-state index is 12.7. The summed E-state index contributed by atoms with van der Waals surface area (Å²) < 4.78 is 0. The van der Waals surface area contributed by atoms with Crippen LogP contribution in [0, 0.1) is 0 Å². The molecular weight excluding hydrogens is 240 g/mol. The summed E-state index contributed by atoms with van der Waals surface area (Å²) >= 11 is 0. The predicted molar refractivity (Wildman–Crippen MR) is 74.7 cm³/mol. The smallest absolute Gasteiger partial charge is 0.245 e. The number of likely N-dealkylation sites (tertiary alicyclic amines) is 2. The molecule has 0 aromatic heterocycles. The largest absolute Gasteiger partial charge is 0.341 e. The highest BCUT2D eigenvalue weighted by Crippen LogP contribution is 2.21. The van der Waals surface area contributed by atoms with Crippen molar-refractivity contribution in [1.29, 1.82) is 0 Å². The van der Waals surface area contributed by atoms with E-state index >= 15 is 0 Å². The number of hydrogen-bond donors (Lipinski definition) is 0. The summed E-state index contributed by atoms with van der Waals surface area (Å²) in [6.07, 6.45) is 8.14. The summed E-state index contributed by atoms with van der Waals surface area (Å²) in [4.78, 5) is 28.5. The summed E-state index contributed by atoms with van der Waals surface area (Å²) in [5.74, 6) is 0.330. The Bertz CT molecular complexity index is 322. The van der Waals surface area contributed by atoms with Gasteiger partial charge in [0.05, 0.1) is 0 Å². The second kappa shape index (κ2) is 6.92. The Hall–Kier alpha value is -1.06. The lowest BCUT2D eigenvalue weighted by atomic mass is 10.00. The summed E-state index contributed by atoms with van der Waals surface area (Å²) in [5, 5.41) is 0. The zero-order valence-corrected chi connectivity index (χ0v) is 12.1. The van der Waals surface area contributed by atoms with Crippen LogP contribution in [0.2, 0.25) is 0 Å². The molecule has 0 saturated carbocycles. The van der Waals surface area contributed by atoms with E-state index in [1.54, 1.807) is 0 Å². The molecule has 2 aliphatic heterocycles. The van der Waals surface area contributed by atoms with E-state index in [0.29, 0.717) is 6.42 Å². The van der Waals surface area contributed by atoms with Crippen molar-refractivity contribution >= 4 is 11.8 Å². The molecule has 4 nitrogen and oxygen atoms in total. The molecule has 0 radical (unpaired) electrons. The van der Waals surface area contributed by atoms with Crippen molar-refractivity contribution in [2.24, 2.45) is 0 Å². The lowest BCUT2D eigenvalue weighted by Gasteiger charge is -2.37. The third-order valence-electron chi connectivity index (χ3n) is 4.33. The summed E-state index contributed by atoms with van der Waals surface area (Å²) in [6, 6.07) is -0.181. The number of rotatable bonds is 2. The summed E-state index contributed by atoms with van der Waals surface area (Å²) in [7, 11) is 0. The molecule has 1 unspecified atom stereocenters. The van der Waals surface area contributed by atoms with Crippen LogP contribution in [-0.4, -0.2) is 47.3 Å². The van der Waals surface area contributed by atoms with Gasteiger partial charge in [0.25, 0.3) is 0 Å². The van der Waals surface area contributed by atoms with E-state index in [1.807, 2.05) is 16.7 Å². The molecule has 2 aliphatic rings. The van der Waals surface area contributed by atoms with Gasteiger partial charge in [-0.15, -0.1) is 0 Å². The first-order chi connectivity index (χ1) is 9.24. The van der Waals surface area contributed by atoms with Gasteiger partial charge >= 0.3 is 0 Å². The fourth-order valence-electron chi connectivity index (χ4n) is 3.19. The van der Waals surface area contributed by atoms with E-state index in [1.165, 1.54) is 12.8 Å². The van der Waals surface area contributed by atoms with Gasteiger partial charge in [-0.05, 0) is 32.1 Å². The molecular formula is C15H26N2O2. The first-order valence-corrected chi connectivity index (χ1v) is 7.82. The third-order valence-corrected chi connectivity index (χ3v) is 4.33. The van der Waals surface area contributed by atoms with Crippen molar-refractivity contribution in [3.8, 4) is 0 Å². The average molecular weight is 266 g/mol. The minimum atomic E-state index is -0.181. The highest BCUT2D eigenvalue weighted by Gasteiger charge is 2.34. The third kappa shape index (κ3) is 3.48. The van der Waals surface area contributed by atoms with E-state index in [4.69, 9.17) is 0 Å². The minimum absolute atomic E-state index is 0.132. The van der Waals surface area contributed by atoms with Gasteiger partial charge in [-0.2, -0.15) is 0 Å². The fourth-order valence-corrected chi connectivity index (χ4v) is 3.19. The summed E-state index contributed by atoms with van der Waals surface area (Å²) in [6.45, 7) is 4.40. The zero-order chi connectivity index (χ0) is 13.7. The molecule has 2 heterocycles. The Morgan fingerprint density at radius 1 is 0.947 bits per heavy atom. The SMILES string of the molecule is CCC(=O)N1CCCCC1C(=O)N1CCCCCC1. The van der Waals surface area contributed by atoms with Crippen LogP contribution in [0.15, 0.2) is 0 Å². The number of amides is 2. The molecule has 0 N–H and O–H groups in total. The maximum atomic E-state index is 12.7. The molecule has 2 rings (SSSR count). The molecule has 2 saturated heterocycles. The normalized spacial score (nSPS) is 25.0.